The van der Waals surface area contributed by atoms with Crippen LogP contribution in [0.1, 0.15) is 86.5 Å². The molecule has 1 amide bonds. The van der Waals surface area contributed by atoms with Crippen LogP contribution >= 0.6 is 0 Å². The summed E-state index contributed by atoms with van der Waals surface area (Å²) < 4.78 is 39.0. The van der Waals surface area contributed by atoms with Crippen molar-refractivity contribution in [3.8, 4) is 17.0 Å². The molecule has 0 saturated heterocycles. The van der Waals surface area contributed by atoms with E-state index in [0.717, 1.165) is 11.8 Å². The number of methoxy groups -OCH3 is 1. The number of aryl methyl sites for hydroxylation is 1. The quantitative estimate of drug-likeness (QED) is 0.462. The van der Waals surface area contributed by atoms with E-state index >= 15 is 0 Å². The summed E-state index contributed by atoms with van der Waals surface area (Å²) in [6, 6.07) is 7.00. The number of hydrogen-bond acceptors (Lipinski definition) is 8. The van der Waals surface area contributed by atoms with E-state index in [0.29, 0.717) is 76.5 Å². The molecule has 0 saturated carbocycles. The number of benzene rings is 1. The maximum absolute atomic E-state index is 13.9. The first-order valence-corrected chi connectivity index (χ1v) is 16.1. The van der Waals surface area contributed by atoms with Gasteiger partial charge >= 0.3 is 29.6 Å². The van der Waals surface area contributed by atoms with Crippen molar-refractivity contribution in [2.75, 3.05) is 13.4 Å². The van der Waals surface area contributed by atoms with E-state index in [2.05, 4.69) is 9.71 Å². The van der Waals surface area contributed by atoms with Gasteiger partial charge in [-0.1, -0.05) is 33.8 Å². The van der Waals surface area contributed by atoms with Crippen molar-refractivity contribution in [1.29, 1.82) is 0 Å². The number of hydrogen-bond donors (Lipinski definition) is 0. The van der Waals surface area contributed by atoms with Gasteiger partial charge in [-0.15, -0.1) is 0 Å². The largest absolute Gasteiger partial charge is 1.00 e. The summed E-state index contributed by atoms with van der Waals surface area (Å²) in [7, 11) is -2.37. The number of carbonyl (C=O) groups excluding carboxylic acids is 3. The molecule has 228 valence electrons. The Balaban J connectivity index is 0.00000442. The minimum Gasteiger partial charge on any atom is -0.541 e. The second-order valence-corrected chi connectivity index (χ2v) is 15.1. The van der Waals surface area contributed by atoms with Crippen LogP contribution in [-0.2, 0) is 24.3 Å². The van der Waals surface area contributed by atoms with Gasteiger partial charge < -0.3 is 19.0 Å². The average Bonchev–Trinajstić information content (AvgIpc) is 2.85. The van der Waals surface area contributed by atoms with Gasteiger partial charge in [-0.05, 0) is 54.0 Å². The van der Waals surface area contributed by atoms with Gasteiger partial charge in [0.1, 0.15) is 23.2 Å². The summed E-state index contributed by atoms with van der Waals surface area (Å²) in [6.45, 7) is 11.7. The zero-order chi connectivity index (χ0) is 31.6. The van der Waals surface area contributed by atoms with Gasteiger partial charge in [-0.3, -0.25) is 9.59 Å². The molecule has 9 nitrogen and oxygen atoms in total. The molecule has 2 aromatic rings. The summed E-state index contributed by atoms with van der Waals surface area (Å²) in [4.78, 5) is 45.0. The first kappa shape index (κ1) is 34.1. The van der Waals surface area contributed by atoms with Crippen LogP contribution in [0.3, 0.4) is 0 Å². The van der Waals surface area contributed by atoms with Crippen molar-refractivity contribution in [3.05, 3.63) is 74.0 Å². The number of aromatic nitrogens is 1. The predicted octanol–water partition coefficient (Wildman–Crippen LogP) is 3.25. The van der Waals surface area contributed by atoms with E-state index in [1.165, 1.54) is 0 Å². The van der Waals surface area contributed by atoms with Gasteiger partial charge in [0.15, 0.2) is 11.6 Å². The molecular weight excluding hydrogens is 591 g/mol. The molecule has 5 rings (SSSR count). The second kappa shape index (κ2) is 11.9. The number of ether oxygens (including phenoxy) is 2. The van der Waals surface area contributed by atoms with Crippen LogP contribution in [-0.4, -0.2) is 44.2 Å². The van der Waals surface area contributed by atoms with E-state index in [1.54, 1.807) is 38.3 Å². The summed E-state index contributed by atoms with van der Waals surface area (Å²) in [5, 5.41) is 0. The Morgan fingerprint density at radius 3 is 1.98 bits per heavy atom. The molecule has 0 radical (unpaired) electrons. The maximum atomic E-state index is 13.9. The Morgan fingerprint density at radius 2 is 1.48 bits per heavy atom. The number of sulfonamides is 1. The fraction of sp³-hybridized carbons (Fsp3) is 0.455. The zero-order valence-electron chi connectivity index (χ0n) is 26.9. The first-order valence-electron chi connectivity index (χ1n) is 14.2. The van der Waals surface area contributed by atoms with Gasteiger partial charge in [-0.2, -0.15) is 0 Å². The smallest absolute Gasteiger partial charge is 0.541 e. The Labute approximate surface area is 281 Å². The third-order valence-corrected chi connectivity index (χ3v) is 8.89. The Morgan fingerprint density at radius 1 is 0.932 bits per heavy atom. The van der Waals surface area contributed by atoms with Crippen LogP contribution in [0.2, 0.25) is 0 Å². The van der Waals surface area contributed by atoms with E-state index < -0.39 is 21.8 Å². The number of amides is 1. The molecule has 0 fully saturated rings. The van der Waals surface area contributed by atoms with E-state index in [-0.39, 0.29) is 57.6 Å². The maximum Gasteiger partial charge on any atom is 1.00 e. The van der Waals surface area contributed by atoms with Crippen molar-refractivity contribution in [2.45, 2.75) is 73.1 Å². The normalized spacial score (nSPS) is 19.5. The van der Waals surface area contributed by atoms with E-state index in [9.17, 15) is 22.8 Å². The van der Waals surface area contributed by atoms with Gasteiger partial charge in [0, 0.05) is 54.2 Å². The Bertz CT molecular complexity index is 1720. The standard InChI is InChI=1S/C33H38N2O7S.Na/c1-17-9-11-20(34-30(17)31(38)35-43(8,39)40)19-10-12-23(41-7)26(18(19)2)29-27-21(36)13-32(3,4)15-24(27)42-25-16-33(5,6)14-22(37)28(25)29;/h9-12,29H,13-16H2,1-8H3,(H,35,38);/q;+1/p-1. The van der Waals surface area contributed by atoms with Crippen molar-refractivity contribution >= 4 is 27.5 Å². The van der Waals surface area contributed by atoms with E-state index in [1.807, 2.05) is 34.6 Å². The molecule has 2 heterocycles. The van der Waals surface area contributed by atoms with Crippen LogP contribution in [0.5, 0.6) is 5.75 Å². The van der Waals surface area contributed by atoms with Crippen LogP contribution in [0.4, 0.5) is 0 Å². The van der Waals surface area contributed by atoms with Crippen molar-refractivity contribution in [1.82, 2.24) is 4.98 Å². The van der Waals surface area contributed by atoms with Crippen molar-refractivity contribution in [2.24, 2.45) is 10.8 Å². The van der Waals surface area contributed by atoms with Crippen molar-refractivity contribution in [3.63, 3.8) is 0 Å². The zero-order valence-corrected chi connectivity index (χ0v) is 29.7. The number of Topliss-reactive ketones (excluding diaryl/α,β-unsaturated/α-hetero) is 2. The fourth-order valence-electron chi connectivity index (χ4n) is 6.57. The number of allylic oxidation sites excluding steroid dienone is 4. The minimum absolute atomic E-state index is 0. The SMILES string of the molecule is COc1ccc(-c2ccc(C)c(C(=O)[N-]S(C)(=O)=O)n2)c(C)c1C1C2=C(CC(C)(C)CC2=O)OC2=C1C(=O)CC(C)(C)C2.[Na+]. The number of rotatable bonds is 5. The first-order chi connectivity index (χ1) is 19.9. The van der Waals surface area contributed by atoms with Crippen LogP contribution in [0.15, 0.2) is 46.9 Å². The topological polar surface area (TPSA) is 131 Å². The Hall–Kier alpha value is -2.79. The Kier molecular flexibility index (Phi) is 9.19. The molecule has 0 bridgehead atoms. The van der Waals surface area contributed by atoms with E-state index in [4.69, 9.17) is 9.47 Å². The molecule has 44 heavy (non-hydrogen) atoms. The molecule has 2 aliphatic carbocycles. The monoisotopic (exact) mass is 628 g/mol. The van der Waals surface area contributed by atoms with Gasteiger partial charge in [0.25, 0.3) is 0 Å². The molecular formula is C33H37N2NaO7S. The minimum atomic E-state index is -3.92. The number of nitrogens with zero attached hydrogens (tertiary/aromatic N) is 2. The molecule has 1 aromatic heterocycles. The molecule has 1 aromatic carbocycles. The number of pyridine rings is 1. The second-order valence-electron chi connectivity index (χ2n) is 13.4. The summed E-state index contributed by atoms with van der Waals surface area (Å²) in [5.41, 5.74) is 3.25. The van der Waals surface area contributed by atoms with Crippen LogP contribution < -0.4 is 34.3 Å². The molecule has 0 N–H and O–H groups in total. The summed E-state index contributed by atoms with van der Waals surface area (Å²) in [6.07, 6.45) is 2.62. The average molecular weight is 629 g/mol. The number of ketones is 2. The van der Waals surface area contributed by atoms with Gasteiger partial charge in [-0.25, -0.2) is 13.4 Å². The van der Waals surface area contributed by atoms with Crippen LogP contribution in [0, 0.1) is 24.7 Å². The molecule has 0 unspecified atom stereocenters. The van der Waals surface area contributed by atoms with Crippen molar-refractivity contribution < 1.29 is 61.8 Å². The molecule has 0 atom stereocenters. The molecule has 3 aliphatic rings. The third-order valence-electron chi connectivity index (χ3n) is 8.39. The summed E-state index contributed by atoms with van der Waals surface area (Å²) >= 11 is 0. The molecule has 11 heteroatoms. The molecule has 1 aliphatic heterocycles. The molecule has 0 spiro atoms. The summed E-state index contributed by atoms with van der Waals surface area (Å²) in [5.74, 6) is -0.0393. The third kappa shape index (κ3) is 6.45. The van der Waals surface area contributed by atoms with Gasteiger partial charge in [0.05, 0.1) is 34.4 Å². The van der Waals surface area contributed by atoms with Crippen LogP contribution in [0.25, 0.3) is 16.0 Å². The number of carbonyl (C=O) groups is 3. The van der Waals surface area contributed by atoms with Gasteiger partial charge in [0.2, 0.25) is 0 Å². The fourth-order valence-corrected chi connectivity index (χ4v) is 6.96. The predicted molar refractivity (Wildman–Crippen MR) is 162 cm³/mol.